The van der Waals surface area contributed by atoms with Gasteiger partial charge < -0.3 is 19.3 Å². The highest BCUT2D eigenvalue weighted by Gasteiger charge is 2.46. The van der Waals surface area contributed by atoms with Crippen molar-refractivity contribution in [1.29, 1.82) is 0 Å². The summed E-state index contributed by atoms with van der Waals surface area (Å²) >= 11 is 0. The molecule has 0 saturated heterocycles. The number of unbranched alkanes of at least 4 members (excludes halogenated alkanes) is 2. The van der Waals surface area contributed by atoms with Gasteiger partial charge in [0, 0.05) is 23.8 Å². The molecule has 0 fully saturated rings. The number of carbonyl (C=O) groups is 1. The topological polar surface area (TPSA) is 102 Å². The van der Waals surface area contributed by atoms with Gasteiger partial charge in [-0.15, -0.1) is 0 Å². The molecule has 1 aliphatic heterocycles. The number of hydrogen-bond acceptors (Lipinski definition) is 5. The molecule has 0 spiro atoms. The number of esters is 1. The van der Waals surface area contributed by atoms with Gasteiger partial charge in [-0.2, -0.15) is 0 Å². The highest BCUT2D eigenvalue weighted by Crippen LogP contribution is 2.54. The van der Waals surface area contributed by atoms with Crippen LogP contribution in [0.4, 0.5) is 0 Å². The number of ether oxygens (including phenoxy) is 2. The Balaban J connectivity index is 1.86. The molecule has 1 aliphatic carbocycles. The van der Waals surface area contributed by atoms with Crippen molar-refractivity contribution in [1.82, 2.24) is 0 Å². The van der Waals surface area contributed by atoms with Gasteiger partial charge in [0.05, 0.1) is 6.61 Å². The molecule has 2 N–H and O–H groups in total. The molecule has 8 heteroatoms. The fourth-order valence-corrected chi connectivity index (χ4v) is 5.35. The molecule has 0 aromatic heterocycles. The maximum Gasteiger partial charge on any atom is 0.469 e. The Morgan fingerprint density at radius 2 is 2.00 bits per heavy atom. The van der Waals surface area contributed by atoms with Crippen LogP contribution in [0.1, 0.15) is 89.7 Å². The molecule has 2 atom stereocenters. The van der Waals surface area contributed by atoms with Gasteiger partial charge in [-0.1, -0.05) is 31.4 Å². The predicted molar refractivity (Wildman–Crippen MR) is 126 cm³/mol. The van der Waals surface area contributed by atoms with Crippen molar-refractivity contribution in [3.63, 3.8) is 0 Å². The predicted octanol–water partition coefficient (Wildman–Crippen LogP) is 5.83. The van der Waals surface area contributed by atoms with Gasteiger partial charge >= 0.3 is 13.8 Å². The monoisotopic (exact) mass is 480 g/mol. The number of phosphoric acid groups is 1. The summed E-state index contributed by atoms with van der Waals surface area (Å²) in [6, 6.07) is 4.09. The van der Waals surface area contributed by atoms with Crippen LogP contribution in [0.5, 0.6) is 11.5 Å². The van der Waals surface area contributed by atoms with Crippen molar-refractivity contribution in [3.05, 3.63) is 34.9 Å². The summed E-state index contributed by atoms with van der Waals surface area (Å²) in [5, 5.41) is 0. The summed E-state index contributed by atoms with van der Waals surface area (Å²) in [6.07, 6.45) is 8.49. The van der Waals surface area contributed by atoms with E-state index in [1.807, 2.05) is 6.07 Å². The lowest BCUT2D eigenvalue weighted by molar-refractivity contribution is -0.134. The van der Waals surface area contributed by atoms with E-state index >= 15 is 0 Å². The van der Waals surface area contributed by atoms with Gasteiger partial charge in [0.15, 0.2) is 0 Å². The molecule has 2 aliphatic rings. The summed E-state index contributed by atoms with van der Waals surface area (Å²) < 4.78 is 27.6. The smallest absolute Gasteiger partial charge is 0.469 e. The van der Waals surface area contributed by atoms with E-state index in [1.54, 1.807) is 0 Å². The number of carbonyl (C=O) groups excluding carboxylic acids is 1. The first-order chi connectivity index (χ1) is 15.5. The van der Waals surface area contributed by atoms with E-state index in [0.29, 0.717) is 5.75 Å². The van der Waals surface area contributed by atoms with Gasteiger partial charge in [0.1, 0.15) is 17.1 Å². The zero-order valence-electron chi connectivity index (χ0n) is 20.1. The van der Waals surface area contributed by atoms with Crippen molar-refractivity contribution in [3.8, 4) is 11.5 Å². The SMILES string of the molecule is CCCCCc1cc(OC(=O)CCCOP(=O)(O)O)c2c(c1)OC(C)(C)[C@@H]1CC=C(C)C[C@@H]21. The van der Waals surface area contributed by atoms with Gasteiger partial charge in [0.25, 0.3) is 0 Å². The lowest BCUT2D eigenvalue weighted by atomic mass is 9.67. The lowest BCUT2D eigenvalue weighted by Crippen LogP contribution is -2.45. The Hall–Kier alpha value is -1.66. The third-order valence-electron chi connectivity index (χ3n) is 6.63. The summed E-state index contributed by atoms with van der Waals surface area (Å²) in [7, 11) is -4.54. The number of phosphoric ester groups is 1. The van der Waals surface area contributed by atoms with Crippen molar-refractivity contribution >= 4 is 13.8 Å². The summed E-state index contributed by atoms with van der Waals surface area (Å²) in [5.41, 5.74) is 3.06. The van der Waals surface area contributed by atoms with Crippen LogP contribution in [0.15, 0.2) is 23.8 Å². The average Bonchev–Trinajstić information content (AvgIpc) is 2.70. The summed E-state index contributed by atoms with van der Waals surface area (Å²) in [4.78, 5) is 30.2. The second-order valence-corrected chi connectivity index (χ2v) is 11.0. The molecule has 1 heterocycles. The molecule has 0 radical (unpaired) electrons. The van der Waals surface area contributed by atoms with Crippen molar-refractivity contribution in [2.45, 2.75) is 90.6 Å². The van der Waals surface area contributed by atoms with E-state index in [1.165, 1.54) is 5.57 Å². The lowest BCUT2D eigenvalue weighted by Gasteiger charge is -2.47. The summed E-state index contributed by atoms with van der Waals surface area (Å²) in [5.74, 6) is 1.41. The molecule has 3 rings (SSSR count). The number of fused-ring (bicyclic) bond motifs is 3. The standard InChI is InChI=1S/C25H37O7P/c1-5-6-7-9-18-15-21(31-23(26)10-8-13-30-33(27,28)29)24-19-14-17(2)11-12-20(19)25(3,4)32-22(24)16-18/h11,15-16,19-20H,5-10,12-14H2,1-4H3,(H2,27,28,29)/t19-,20-/m1/s1. The first-order valence-electron chi connectivity index (χ1n) is 11.9. The fraction of sp³-hybridized carbons (Fsp3) is 0.640. The molecule has 0 bridgehead atoms. The van der Waals surface area contributed by atoms with Crippen molar-refractivity contribution in [2.75, 3.05) is 6.61 Å². The van der Waals surface area contributed by atoms with Crippen LogP contribution in [0, 0.1) is 5.92 Å². The zero-order valence-corrected chi connectivity index (χ0v) is 21.0. The molecular formula is C25H37O7P. The van der Waals surface area contributed by atoms with Crippen LogP contribution < -0.4 is 9.47 Å². The van der Waals surface area contributed by atoms with E-state index in [-0.39, 0.29) is 36.9 Å². The van der Waals surface area contributed by atoms with Gasteiger partial charge in [0.2, 0.25) is 0 Å². The molecule has 1 aromatic rings. The number of rotatable bonds is 10. The minimum absolute atomic E-state index is 0.00815. The molecule has 0 saturated carbocycles. The Morgan fingerprint density at radius 1 is 1.24 bits per heavy atom. The van der Waals surface area contributed by atoms with E-state index in [2.05, 4.69) is 44.4 Å². The second kappa shape index (κ2) is 10.7. The third kappa shape index (κ3) is 6.92. The molecular weight excluding hydrogens is 443 g/mol. The van der Waals surface area contributed by atoms with E-state index in [4.69, 9.17) is 19.3 Å². The first kappa shape index (κ1) is 26.0. The Morgan fingerprint density at radius 3 is 2.70 bits per heavy atom. The molecule has 0 amide bonds. The average molecular weight is 481 g/mol. The third-order valence-corrected chi connectivity index (χ3v) is 7.14. The van der Waals surface area contributed by atoms with Crippen molar-refractivity contribution < 1.29 is 33.1 Å². The number of aryl methyl sites for hydroxylation is 1. The number of benzene rings is 1. The summed E-state index contributed by atoms with van der Waals surface area (Å²) in [6.45, 7) is 8.38. The molecule has 7 nitrogen and oxygen atoms in total. The minimum atomic E-state index is -4.54. The maximum absolute atomic E-state index is 12.6. The number of hydrogen-bond donors (Lipinski definition) is 2. The van der Waals surface area contributed by atoms with Crippen LogP contribution in [0.25, 0.3) is 0 Å². The zero-order chi connectivity index (χ0) is 24.2. The van der Waals surface area contributed by atoms with Crippen LogP contribution >= 0.6 is 7.82 Å². The Kier molecular flexibility index (Phi) is 8.44. The van der Waals surface area contributed by atoms with Crippen LogP contribution in [0.2, 0.25) is 0 Å². The van der Waals surface area contributed by atoms with E-state index in [0.717, 1.165) is 55.4 Å². The largest absolute Gasteiger partial charge is 0.487 e. The molecule has 184 valence electrons. The fourth-order valence-electron chi connectivity index (χ4n) is 4.98. The second-order valence-electron chi connectivity index (χ2n) is 9.77. The molecule has 33 heavy (non-hydrogen) atoms. The normalized spacial score (nSPS) is 21.5. The highest BCUT2D eigenvalue weighted by molar-refractivity contribution is 7.46. The van der Waals surface area contributed by atoms with Crippen LogP contribution in [0.3, 0.4) is 0 Å². The van der Waals surface area contributed by atoms with E-state index < -0.39 is 13.8 Å². The van der Waals surface area contributed by atoms with Crippen molar-refractivity contribution in [2.24, 2.45) is 5.92 Å². The van der Waals surface area contributed by atoms with Crippen LogP contribution in [-0.2, 0) is 20.3 Å². The maximum atomic E-state index is 12.6. The quantitative estimate of drug-likeness (QED) is 0.143. The van der Waals surface area contributed by atoms with Gasteiger partial charge in [-0.05, 0) is 70.6 Å². The van der Waals surface area contributed by atoms with Gasteiger partial charge in [-0.3, -0.25) is 9.32 Å². The highest BCUT2D eigenvalue weighted by atomic mass is 31.2. The van der Waals surface area contributed by atoms with Gasteiger partial charge in [-0.25, -0.2) is 4.57 Å². The molecule has 1 aromatic carbocycles. The van der Waals surface area contributed by atoms with Crippen LogP contribution in [-0.4, -0.2) is 28.0 Å². The first-order valence-corrected chi connectivity index (χ1v) is 13.5. The van der Waals surface area contributed by atoms with E-state index in [9.17, 15) is 9.36 Å². The number of allylic oxidation sites excluding steroid dienone is 2. The minimum Gasteiger partial charge on any atom is -0.487 e. The Bertz CT molecular complexity index is 931. The molecule has 0 unspecified atom stereocenters. The Labute approximate surface area is 196 Å².